The highest BCUT2D eigenvalue weighted by Crippen LogP contribution is 2.05. The standard InChI is InChI=1S/C8H15N3/c1-4-5-6-8-7(2)11(3)10-9-8/h4-6H2,1-3H3. The van der Waals surface area contributed by atoms with Crippen molar-refractivity contribution in [1.82, 2.24) is 15.0 Å². The topological polar surface area (TPSA) is 30.7 Å². The van der Waals surface area contributed by atoms with Crippen molar-refractivity contribution in [3.05, 3.63) is 11.4 Å². The van der Waals surface area contributed by atoms with Crippen LogP contribution in [0.15, 0.2) is 0 Å². The second kappa shape index (κ2) is 3.51. The monoisotopic (exact) mass is 153 g/mol. The van der Waals surface area contributed by atoms with Crippen molar-refractivity contribution in [2.24, 2.45) is 7.05 Å². The molecule has 0 amide bonds. The van der Waals surface area contributed by atoms with Crippen LogP contribution in [0.4, 0.5) is 0 Å². The maximum absolute atomic E-state index is 4.07. The average Bonchev–Trinajstić information content (AvgIpc) is 2.31. The molecule has 3 nitrogen and oxygen atoms in total. The molecule has 0 atom stereocenters. The predicted octanol–water partition coefficient (Wildman–Crippen LogP) is 1.47. The molecule has 0 fully saturated rings. The van der Waals surface area contributed by atoms with E-state index in [4.69, 9.17) is 0 Å². The summed E-state index contributed by atoms with van der Waals surface area (Å²) in [4.78, 5) is 0. The molecular formula is C8H15N3. The van der Waals surface area contributed by atoms with E-state index in [2.05, 4.69) is 24.2 Å². The number of aromatic nitrogens is 3. The minimum absolute atomic E-state index is 1.07. The van der Waals surface area contributed by atoms with Gasteiger partial charge in [0.05, 0.1) is 11.4 Å². The van der Waals surface area contributed by atoms with E-state index in [-0.39, 0.29) is 0 Å². The quantitative estimate of drug-likeness (QED) is 0.658. The van der Waals surface area contributed by atoms with E-state index in [1.807, 2.05) is 11.7 Å². The van der Waals surface area contributed by atoms with Gasteiger partial charge in [-0.2, -0.15) is 0 Å². The van der Waals surface area contributed by atoms with Crippen LogP contribution in [0.5, 0.6) is 0 Å². The van der Waals surface area contributed by atoms with Crippen LogP contribution < -0.4 is 0 Å². The molecule has 0 radical (unpaired) electrons. The van der Waals surface area contributed by atoms with Crippen molar-refractivity contribution in [3.63, 3.8) is 0 Å². The molecule has 1 aromatic rings. The lowest BCUT2D eigenvalue weighted by molar-refractivity contribution is 0.695. The van der Waals surface area contributed by atoms with Crippen LogP contribution in [-0.2, 0) is 13.5 Å². The lowest BCUT2D eigenvalue weighted by Crippen LogP contribution is -1.94. The van der Waals surface area contributed by atoms with Gasteiger partial charge in [0.2, 0.25) is 0 Å². The fraction of sp³-hybridized carbons (Fsp3) is 0.750. The third kappa shape index (κ3) is 1.79. The summed E-state index contributed by atoms with van der Waals surface area (Å²) in [5.74, 6) is 0. The molecule has 0 unspecified atom stereocenters. The van der Waals surface area contributed by atoms with Gasteiger partial charge in [-0.15, -0.1) is 5.10 Å². The third-order valence-corrected chi connectivity index (χ3v) is 1.97. The Labute approximate surface area is 67.4 Å². The van der Waals surface area contributed by atoms with Crippen LogP contribution in [0.1, 0.15) is 31.2 Å². The summed E-state index contributed by atoms with van der Waals surface area (Å²) in [5, 5.41) is 8.00. The van der Waals surface area contributed by atoms with E-state index in [0.717, 1.165) is 12.1 Å². The molecule has 0 spiro atoms. The van der Waals surface area contributed by atoms with Crippen molar-refractivity contribution in [1.29, 1.82) is 0 Å². The highest BCUT2D eigenvalue weighted by atomic mass is 15.4. The maximum Gasteiger partial charge on any atom is 0.0856 e. The highest BCUT2D eigenvalue weighted by Gasteiger charge is 2.03. The Balaban J connectivity index is 2.63. The lowest BCUT2D eigenvalue weighted by Gasteiger charge is -1.95. The Kier molecular flexibility index (Phi) is 2.63. The molecule has 3 heteroatoms. The molecule has 62 valence electrons. The van der Waals surface area contributed by atoms with Gasteiger partial charge >= 0.3 is 0 Å². The first-order valence-electron chi connectivity index (χ1n) is 4.11. The Morgan fingerprint density at radius 2 is 2.18 bits per heavy atom. The Bertz CT molecular complexity index is 227. The summed E-state index contributed by atoms with van der Waals surface area (Å²) in [7, 11) is 1.93. The minimum Gasteiger partial charge on any atom is -0.252 e. The first-order valence-corrected chi connectivity index (χ1v) is 4.11. The predicted molar refractivity (Wildman–Crippen MR) is 44.4 cm³/mol. The molecule has 0 aliphatic carbocycles. The number of rotatable bonds is 3. The molecule has 0 bridgehead atoms. The Morgan fingerprint density at radius 3 is 2.64 bits per heavy atom. The van der Waals surface area contributed by atoms with E-state index in [1.165, 1.54) is 18.5 Å². The first kappa shape index (κ1) is 8.24. The zero-order valence-corrected chi connectivity index (χ0v) is 7.46. The summed E-state index contributed by atoms with van der Waals surface area (Å²) < 4.78 is 1.82. The highest BCUT2D eigenvalue weighted by molar-refractivity contribution is 5.06. The zero-order chi connectivity index (χ0) is 8.27. The van der Waals surface area contributed by atoms with E-state index >= 15 is 0 Å². The van der Waals surface area contributed by atoms with E-state index in [1.54, 1.807) is 0 Å². The van der Waals surface area contributed by atoms with Gasteiger partial charge in [0.25, 0.3) is 0 Å². The first-order chi connectivity index (χ1) is 5.25. The average molecular weight is 153 g/mol. The molecule has 1 aromatic heterocycles. The van der Waals surface area contributed by atoms with Crippen LogP contribution in [-0.4, -0.2) is 15.0 Å². The number of hydrogen-bond acceptors (Lipinski definition) is 2. The largest absolute Gasteiger partial charge is 0.252 e. The fourth-order valence-corrected chi connectivity index (χ4v) is 1.02. The summed E-state index contributed by atoms with van der Waals surface area (Å²) in [5.41, 5.74) is 2.34. The molecule has 0 aliphatic heterocycles. The van der Waals surface area contributed by atoms with Crippen molar-refractivity contribution >= 4 is 0 Å². The fourth-order valence-electron chi connectivity index (χ4n) is 1.02. The number of hydrogen-bond donors (Lipinski definition) is 0. The molecule has 0 aromatic carbocycles. The van der Waals surface area contributed by atoms with Gasteiger partial charge in [0.1, 0.15) is 0 Å². The van der Waals surface area contributed by atoms with Crippen LogP contribution >= 0.6 is 0 Å². The smallest absolute Gasteiger partial charge is 0.0856 e. The van der Waals surface area contributed by atoms with Crippen LogP contribution in [0, 0.1) is 6.92 Å². The molecule has 11 heavy (non-hydrogen) atoms. The molecule has 0 aliphatic rings. The van der Waals surface area contributed by atoms with E-state index < -0.39 is 0 Å². The number of nitrogens with zero attached hydrogens (tertiary/aromatic N) is 3. The molecule has 0 saturated carbocycles. The van der Waals surface area contributed by atoms with Crippen molar-refractivity contribution in [2.75, 3.05) is 0 Å². The number of aryl methyl sites for hydroxylation is 2. The van der Waals surface area contributed by atoms with Crippen LogP contribution in [0.25, 0.3) is 0 Å². The van der Waals surface area contributed by atoms with Crippen LogP contribution in [0.3, 0.4) is 0 Å². The summed E-state index contributed by atoms with van der Waals surface area (Å²) >= 11 is 0. The molecular weight excluding hydrogens is 138 g/mol. The normalized spacial score (nSPS) is 10.5. The minimum atomic E-state index is 1.07. The summed E-state index contributed by atoms with van der Waals surface area (Å²) in [6.07, 6.45) is 3.49. The van der Waals surface area contributed by atoms with E-state index in [0.29, 0.717) is 0 Å². The van der Waals surface area contributed by atoms with Gasteiger partial charge in [0.15, 0.2) is 0 Å². The van der Waals surface area contributed by atoms with E-state index in [9.17, 15) is 0 Å². The zero-order valence-electron chi connectivity index (χ0n) is 7.46. The second-order valence-corrected chi connectivity index (χ2v) is 2.85. The molecule has 1 heterocycles. The van der Waals surface area contributed by atoms with Crippen molar-refractivity contribution in [2.45, 2.75) is 33.1 Å². The van der Waals surface area contributed by atoms with Gasteiger partial charge in [-0.3, -0.25) is 4.68 Å². The molecule has 0 N–H and O–H groups in total. The lowest BCUT2D eigenvalue weighted by atomic mass is 10.2. The summed E-state index contributed by atoms with van der Waals surface area (Å²) in [6.45, 7) is 4.25. The Hall–Kier alpha value is -0.860. The second-order valence-electron chi connectivity index (χ2n) is 2.85. The molecule has 1 rings (SSSR count). The van der Waals surface area contributed by atoms with Gasteiger partial charge in [-0.25, -0.2) is 0 Å². The SMILES string of the molecule is CCCCc1nnn(C)c1C. The van der Waals surface area contributed by atoms with Crippen molar-refractivity contribution in [3.8, 4) is 0 Å². The summed E-state index contributed by atoms with van der Waals surface area (Å²) in [6, 6.07) is 0. The number of unbranched alkanes of at least 4 members (excludes halogenated alkanes) is 1. The van der Waals surface area contributed by atoms with Gasteiger partial charge in [-0.1, -0.05) is 18.6 Å². The third-order valence-electron chi connectivity index (χ3n) is 1.97. The van der Waals surface area contributed by atoms with Crippen molar-refractivity contribution < 1.29 is 0 Å². The van der Waals surface area contributed by atoms with Gasteiger partial charge < -0.3 is 0 Å². The Morgan fingerprint density at radius 1 is 1.45 bits per heavy atom. The van der Waals surface area contributed by atoms with Gasteiger partial charge in [-0.05, 0) is 19.8 Å². The van der Waals surface area contributed by atoms with Gasteiger partial charge in [0, 0.05) is 7.05 Å². The van der Waals surface area contributed by atoms with Crippen LogP contribution in [0.2, 0.25) is 0 Å². The maximum atomic E-state index is 4.07. The molecule has 0 saturated heterocycles.